The summed E-state index contributed by atoms with van der Waals surface area (Å²) in [5.41, 5.74) is 1.79. The fourth-order valence-corrected chi connectivity index (χ4v) is 5.16. The molecule has 9 heteroatoms. The molecule has 1 fully saturated rings. The third-order valence-corrected chi connectivity index (χ3v) is 7.09. The van der Waals surface area contributed by atoms with Crippen molar-refractivity contribution in [3.8, 4) is 11.5 Å². The Balaban J connectivity index is 1.56. The normalized spacial score (nSPS) is 14.7. The molecule has 0 saturated carbocycles. The highest BCUT2D eigenvalue weighted by Gasteiger charge is 2.36. The number of halogens is 3. The number of rotatable bonds is 7. The van der Waals surface area contributed by atoms with E-state index in [9.17, 15) is 14.0 Å². The predicted molar refractivity (Wildman–Crippen MR) is 139 cm³/mol. The van der Waals surface area contributed by atoms with E-state index in [1.165, 1.54) is 25.3 Å². The number of hydrogen-bond acceptors (Lipinski definition) is 5. The van der Waals surface area contributed by atoms with Crippen molar-refractivity contribution >= 4 is 63.2 Å². The first-order chi connectivity index (χ1) is 16.4. The first-order valence-electron chi connectivity index (χ1n) is 10.1. The van der Waals surface area contributed by atoms with Crippen LogP contribution in [0.4, 0.5) is 9.18 Å². The highest BCUT2D eigenvalue weighted by atomic mass is 127. The average molecular weight is 610 g/mol. The quantitative estimate of drug-likeness (QED) is 0.215. The number of nitrogens with zero attached hydrogens (tertiary/aromatic N) is 1. The molecule has 174 valence electrons. The molecule has 0 aromatic heterocycles. The van der Waals surface area contributed by atoms with Crippen molar-refractivity contribution in [3.63, 3.8) is 0 Å². The molecule has 3 aromatic carbocycles. The minimum atomic E-state index is -0.569. The van der Waals surface area contributed by atoms with Crippen LogP contribution in [0.3, 0.4) is 0 Å². The third-order valence-electron chi connectivity index (χ3n) is 5.03. The molecule has 0 unspecified atom stereocenters. The van der Waals surface area contributed by atoms with Crippen LogP contribution in [0.5, 0.6) is 11.5 Å². The van der Waals surface area contributed by atoms with Gasteiger partial charge in [-0.25, -0.2) is 4.39 Å². The maximum absolute atomic E-state index is 14.2. The fourth-order valence-electron chi connectivity index (χ4n) is 3.32. The van der Waals surface area contributed by atoms with Gasteiger partial charge in [-0.3, -0.25) is 14.5 Å². The molecule has 1 saturated heterocycles. The molecule has 2 amide bonds. The van der Waals surface area contributed by atoms with E-state index in [4.69, 9.17) is 21.1 Å². The van der Waals surface area contributed by atoms with Gasteiger partial charge in [0.05, 0.1) is 22.1 Å². The zero-order valence-electron chi connectivity index (χ0n) is 17.9. The Morgan fingerprint density at radius 1 is 1.12 bits per heavy atom. The van der Waals surface area contributed by atoms with Gasteiger partial charge in [-0.15, -0.1) is 0 Å². The Bertz CT molecular complexity index is 1270. The topological polar surface area (TPSA) is 55.8 Å². The maximum Gasteiger partial charge on any atom is 0.293 e. The summed E-state index contributed by atoms with van der Waals surface area (Å²) in [4.78, 5) is 26.6. The van der Waals surface area contributed by atoms with Gasteiger partial charge in [0, 0.05) is 10.6 Å². The van der Waals surface area contributed by atoms with Crippen LogP contribution in [0, 0.1) is 9.39 Å². The standard InChI is InChI=1S/C25H18ClFINO4S/c1-32-21-11-16(10-20(28)23(21)33-14-15-6-3-2-4-7-15)12-22-24(30)29(25(31)34-22)13-17-18(26)8-5-9-19(17)27/h2-12H,13-14H2,1H3/b22-12-. The third kappa shape index (κ3) is 5.39. The largest absolute Gasteiger partial charge is 0.493 e. The lowest BCUT2D eigenvalue weighted by Crippen LogP contribution is -2.28. The Morgan fingerprint density at radius 2 is 1.88 bits per heavy atom. The summed E-state index contributed by atoms with van der Waals surface area (Å²) >= 11 is 9.00. The van der Waals surface area contributed by atoms with Crippen molar-refractivity contribution in [2.45, 2.75) is 13.2 Å². The Morgan fingerprint density at radius 3 is 2.59 bits per heavy atom. The number of carbonyl (C=O) groups is 2. The molecule has 0 bridgehead atoms. The Hall–Kier alpha value is -2.56. The number of carbonyl (C=O) groups excluding carboxylic acids is 2. The van der Waals surface area contributed by atoms with Crippen LogP contribution >= 0.6 is 46.0 Å². The number of ether oxygens (including phenoxy) is 2. The summed E-state index contributed by atoms with van der Waals surface area (Å²) in [5.74, 6) is 0.0199. The lowest BCUT2D eigenvalue weighted by Gasteiger charge is -2.14. The lowest BCUT2D eigenvalue weighted by molar-refractivity contribution is -0.123. The number of imide groups is 1. The molecular formula is C25H18ClFINO4S. The summed E-state index contributed by atoms with van der Waals surface area (Å²) in [6.45, 7) is 0.144. The number of benzene rings is 3. The minimum absolute atomic E-state index is 0.101. The molecule has 3 aromatic rings. The molecule has 0 N–H and O–H groups in total. The predicted octanol–water partition coefficient (Wildman–Crippen LogP) is 6.91. The molecule has 1 aliphatic heterocycles. The second kappa shape index (κ2) is 10.8. The van der Waals surface area contributed by atoms with Crippen molar-refractivity contribution in [3.05, 3.63) is 96.7 Å². The Kier molecular flexibility index (Phi) is 7.80. The van der Waals surface area contributed by atoms with E-state index < -0.39 is 17.0 Å². The SMILES string of the molecule is COc1cc(/C=C2\SC(=O)N(Cc3c(F)cccc3Cl)C2=O)cc(I)c1OCc1ccccc1. The van der Waals surface area contributed by atoms with Gasteiger partial charge in [-0.1, -0.05) is 48.0 Å². The zero-order chi connectivity index (χ0) is 24.2. The van der Waals surface area contributed by atoms with Gasteiger partial charge < -0.3 is 9.47 Å². The van der Waals surface area contributed by atoms with Crippen LogP contribution in [0.25, 0.3) is 6.08 Å². The molecule has 1 aliphatic rings. The molecule has 1 heterocycles. The number of amides is 2. The second-order valence-corrected chi connectivity index (χ2v) is 9.84. The average Bonchev–Trinajstić information content (AvgIpc) is 3.08. The van der Waals surface area contributed by atoms with E-state index in [1.807, 2.05) is 36.4 Å². The van der Waals surface area contributed by atoms with Crippen LogP contribution in [0.2, 0.25) is 5.02 Å². The summed E-state index contributed by atoms with van der Waals surface area (Å²) in [5, 5.41) is -0.326. The van der Waals surface area contributed by atoms with Gasteiger partial charge >= 0.3 is 0 Å². The van der Waals surface area contributed by atoms with Gasteiger partial charge in [0.1, 0.15) is 12.4 Å². The van der Waals surface area contributed by atoms with E-state index in [0.29, 0.717) is 23.7 Å². The molecule has 0 spiro atoms. The van der Waals surface area contributed by atoms with E-state index in [-0.39, 0.29) is 22.0 Å². The van der Waals surface area contributed by atoms with Crippen LogP contribution in [-0.2, 0) is 17.9 Å². The highest BCUT2D eigenvalue weighted by molar-refractivity contribution is 14.1. The molecule has 0 aliphatic carbocycles. The number of thioether (sulfide) groups is 1. The summed E-state index contributed by atoms with van der Waals surface area (Å²) in [6, 6.07) is 17.6. The van der Waals surface area contributed by atoms with Crippen molar-refractivity contribution in [2.24, 2.45) is 0 Å². The van der Waals surface area contributed by atoms with E-state index in [0.717, 1.165) is 25.8 Å². The minimum Gasteiger partial charge on any atom is -0.493 e. The first-order valence-corrected chi connectivity index (χ1v) is 12.4. The van der Waals surface area contributed by atoms with Crippen molar-refractivity contribution in [2.75, 3.05) is 7.11 Å². The van der Waals surface area contributed by atoms with Gasteiger partial charge in [0.2, 0.25) is 0 Å². The summed E-state index contributed by atoms with van der Waals surface area (Å²) in [7, 11) is 1.54. The van der Waals surface area contributed by atoms with E-state index in [1.54, 1.807) is 12.1 Å². The summed E-state index contributed by atoms with van der Waals surface area (Å²) < 4.78 is 26.4. The van der Waals surface area contributed by atoms with Gasteiger partial charge in [0.15, 0.2) is 11.5 Å². The smallest absolute Gasteiger partial charge is 0.293 e. The van der Waals surface area contributed by atoms with Gasteiger partial charge in [0.25, 0.3) is 11.1 Å². The molecule has 0 atom stereocenters. The number of hydrogen-bond donors (Lipinski definition) is 0. The van der Waals surface area contributed by atoms with E-state index >= 15 is 0 Å². The van der Waals surface area contributed by atoms with Gasteiger partial charge in [-0.05, 0) is 75.8 Å². The summed E-state index contributed by atoms with van der Waals surface area (Å²) in [6.07, 6.45) is 1.61. The number of methoxy groups -OCH3 is 1. The molecule has 34 heavy (non-hydrogen) atoms. The molecule has 4 rings (SSSR count). The van der Waals surface area contributed by atoms with E-state index in [2.05, 4.69) is 22.6 Å². The van der Waals surface area contributed by atoms with Crippen molar-refractivity contribution in [1.29, 1.82) is 0 Å². The monoisotopic (exact) mass is 609 g/mol. The fraction of sp³-hybridized carbons (Fsp3) is 0.120. The molecule has 5 nitrogen and oxygen atoms in total. The molecular weight excluding hydrogens is 592 g/mol. The second-order valence-electron chi connectivity index (χ2n) is 7.28. The zero-order valence-corrected chi connectivity index (χ0v) is 21.6. The lowest BCUT2D eigenvalue weighted by atomic mass is 10.1. The van der Waals surface area contributed by atoms with Crippen LogP contribution in [0.1, 0.15) is 16.7 Å². The highest BCUT2D eigenvalue weighted by Crippen LogP contribution is 2.38. The molecule has 0 radical (unpaired) electrons. The Labute approximate surface area is 219 Å². The van der Waals surface area contributed by atoms with Crippen LogP contribution in [0.15, 0.2) is 65.6 Å². The van der Waals surface area contributed by atoms with Gasteiger partial charge in [-0.2, -0.15) is 0 Å². The van der Waals surface area contributed by atoms with Crippen molar-refractivity contribution < 1.29 is 23.5 Å². The van der Waals surface area contributed by atoms with Crippen LogP contribution < -0.4 is 9.47 Å². The first kappa shape index (κ1) is 24.6. The maximum atomic E-state index is 14.2. The van der Waals surface area contributed by atoms with Crippen LogP contribution in [-0.4, -0.2) is 23.2 Å². The van der Waals surface area contributed by atoms with Crippen molar-refractivity contribution in [1.82, 2.24) is 4.90 Å².